The molecule has 1 saturated heterocycles. The molecule has 3 heteroatoms. The van der Waals surface area contributed by atoms with Crippen molar-refractivity contribution in [2.45, 2.75) is 83.8 Å². The lowest BCUT2D eigenvalue weighted by Crippen LogP contribution is -2.44. The van der Waals surface area contributed by atoms with Crippen molar-refractivity contribution in [1.29, 1.82) is 0 Å². The molecule has 1 heterocycles. The van der Waals surface area contributed by atoms with Gasteiger partial charge in [-0.1, -0.05) is 40.0 Å². The molecule has 0 aromatic carbocycles. The summed E-state index contributed by atoms with van der Waals surface area (Å²) in [5.41, 5.74) is -0.191. The number of nitrogens with one attached hydrogen (secondary N) is 1. The van der Waals surface area contributed by atoms with Crippen LogP contribution in [0.15, 0.2) is 0 Å². The fraction of sp³-hybridized carbons (Fsp3) is 0.944. The predicted octanol–water partition coefficient (Wildman–Crippen LogP) is 3.54. The molecule has 3 nitrogen and oxygen atoms in total. The summed E-state index contributed by atoms with van der Waals surface area (Å²) >= 11 is 0. The Morgan fingerprint density at radius 3 is 2.57 bits per heavy atom. The van der Waals surface area contributed by atoms with E-state index in [-0.39, 0.29) is 11.7 Å². The van der Waals surface area contributed by atoms with Crippen molar-refractivity contribution in [3.63, 3.8) is 0 Å². The lowest BCUT2D eigenvalue weighted by Gasteiger charge is -2.28. The molecule has 1 spiro atoms. The molecule has 1 amide bonds. The van der Waals surface area contributed by atoms with E-state index in [1.54, 1.807) is 0 Å². The molecule has 120 valence electrons. The van der Waals surface area contributed by atoms with Gasteiger partial charge in [0.05, 0.1) is 11.7 Å². The zero-order chi connectivity index (χ0) is 15.0. The second kappa shape index (κ2) is 5.91. The van der Waals surface area contributed by atoms with Gasteiger partial charge in [-0.2, -0.15) is 0 Å². The lowest BCUT2D eigenvalue weighted by atomic mass is 9.97. The molecule has 0 aromatic rings. The molecule has 3 fully saturated rings. The van der Waals surface area contributed by atoms with Crippen LogP contribution in [0.4, 0.5) is 0 Å². The minimum Gasteiger partial charge on any atom is -0.325 e. The van der Waals surface area contributed by atoms with Crippen LogP contribution in [0.3, 0.4) is 0 Å². The second-order valence-corrected chi connectivity index (χ2v) is 8.32. The molecular formula is C18H32N2O. The van der Waals surface area contributed by atoms with Crippen LogP contribution in [0.25, 0.3) is 0 Å². The smallest absolute Gasteiger partial charge is 0.244 e. The van der Waals surface area contributed by atoms with Crippen molar-refractivity contribution in [1.82, 2.24) is 10.2 Å². The maximum atomic E-state index is 13.1. The largest absolute Gasteiger partial charge is 0.325 e. The van der Waals surface area contributed by atoms with Gasteiger partial charge >= 0.3 is 0 Å². The number of hydrogen-bond donors (Lipinski definition) is 1. The van der Waals surface area contributed by atoms with Gasteiger partial charge in [-0.25, -0.2) is 0 Å². The zero-order valence-electron chi connectivity index (χ0n) is 14.0. The topological polar surface area (TPSA) is 32.3 Å². The number of carbonyl (C=O) groups excluding carboxylic acids is 1. The first-order valence-corrected chi connectivity index (χ1v) is 9.09. The molecule has 0 radical (unpaired) electrons. The second-order valence-electron chi connectivity index (χ2n) is 8.32. The molecule has 0 aromatic heterocycles. The van der Waals surface area contributed by atoms with Crippen molar-refractivity contribution in [3.8, 4) is 0 Å². The van der Waals surface area contributed by atoms with Gasteiger partial charge in [-0.3, -0.25) is 10.1 Å². The third-order valence-corrected chi connectivity index (χ3v) is 5.90. The third kappa shape index (κ3) is 2.99. The first kappa shape index (κ1) is 15.3. The highest BCUT2D eigenvalue weighted by Gasteiger charge is 2.52. The number of carbonyl (C=O) groups is 1. The predicted molar refractivity (Wildman–Crippen MR) is 85.8 cm³/mol. The van der Waals surface area contributed by atoms with E-state index in [4.69, 9.17) is 0 Å². The Hall–Kier alpha value is -0.570. The summed E-state index contributed by atoms with van der Waals surface area (Å²) in [6, 6.07) is 0. The minimum absolute atomic E-state index is 0.191. The van der Waals surface area contributed by atoms with E-state index < -0.39 is 0 Å². The van der Waals surface area contributed by atoms with Crippen LogP contribution in [0.5, 0.6) is 0 Å². The van der Waals surface area contributed by atoms with Crippen LogP contribution in [0.1, 0.15) is 72.1 Å². The first-order chi connectivity index (χ1) is 10.00. The average Bonchev–Trinajstić information content (AvgIpc) is 3.08. The first-order valence-electron chi connectivity index (χ1n) is 9.09. The molecule has 1 N–H and O–H groups in total. The highest BCUT2D eigenvalue weighted by atomic mass is 16.2. The highest BCUT2D eigenvalue weighted by molar-refractivity contribution is 5.89. The maximum Gasteiger partial charge on any atom is 0.244 e. The average molecular weight is 292 g/mol. The number of hydrogen-bond acceptors (Lipinski definition) is 2. The van der Waals surface area contributed by atoms with Crippen LogP contribution in [0.2, 0.25) is 0 Å². The van der Waals surface area contributed by atoms with E-state index >= 15 is 0 Å². The summed E-state index contributed by atoms with van der Waals surface area (Å²) in [5, 5.41) is 3.76. The van der Waals surface area contributed by atoms with E-state index in [0.717, 1.165) is 37.6 Å². The molecular weight excluding hydrogens is 260 g/mol. The highest BCUT2D eigenvalue weighted by Crippen LogP contribution is 2.39. The number of nitrogens with zero attached hydrogens (tertiary/aromatic N) is 1. The molecule has 2 saturated carbocycles. The standard InChI is InChI=1S/C18H32N2O/c1-13(2)10-16-19-18(8-4-5-9-18)17(21)20(16)12-15-7-6-14(3)11-15/h13-16,19H,4-12H2,1-3H3. The van der Waals surface area contributed by atoms with E-state index in [0.29, 0.717) is 11.8 Å². The quantitative estimate of drug-likeness (QED) is 0.859. The zero-order valence-corrected chi connectivity index (χ0v) is 14.0. The van der Waals surface area contributed by atoms with E-state index in [1.165, 1.54) is 32.1 Å². The Kier molecular flexibility index (Phi) is 4.31. The number of rotatable bonds is 4. The molecule has 0 bridgehead atoms. The van der Waals surface area contributed by atoms with Crippen LogP contribution in [0, 0.1) is 17.8 Å². The van der Waals surface area contributed by atoms with E-state index in [9.17, 15) is 4.79 Å². The Morgan fingerprint density at radius 1 is 1.29 bits per heavy atom. The van der Waals surface area contributed by atoms with Gasteiger partial charge < -0.3 is 4.90 Å². The molecule has 21 heavy (non-hydrogen) atoms. The van der Waals surface area contributed by atoms with Crippen LogP contribution in [-0.4, -0.2) is 29.1 Å². The Morgan fingerprint density at radius 2 is 2.00 bits per heavy atom. The molecule has 3 unspecified atom stereocenters. The van der Waals surface area contributed by atoms with Crippen molar-refractivity contribution in [2.75, 3.05) is 6.54 Å². The summed E-state index contributed by atoms with van der Waals surface area (Å²) in [6.07, 6.45) is 9.87. The summed E-state index contributed by atoms with van der Waals surface area (Å²) in [4.78, 5) is 15.3. The Balaban J connectivity index is 1.72. The molecule has 1 aliphatic heterocycles. The summed E-state index contributed by atoms with van der Waals surface area (Å²) in [5.74, 6) is 2.64. The van der Waals surface area contributed by atoms with Crippen LogP contribution in [-0.2, 0) is 4.79 Å². The van der Waals surface area contributed by atoms with Crippen molar-refractivity contribution < 1.29 is 4.79 Å². The van der Waals surface area contributed by atoms with Gasteiger partial charge in [-0.05, 0) is 49.9 Å². The SMILES string of the molecule is CC(C)CC1NC2(CCCC2)C(=O)N1CC1CCC(C)C1. The van der Waals surface area contributed by atoms with Gasteiger partial charge in [0.25, 0.3) is 0 Å². The molecule has 3 rings (SSSR count). The van der Waals surface area contributed by atoms with Crippen LogP contribution < -0.4 is 5.32 Å². The molecule has 3 atom stereocenters. The summed E-state index contributed by atoms with van der Waals surface area (Å²) in [7, 11) is 0. The van der Waals surface area contributed by atoms with Gasteiger partial charge in [-0.15, -0.1) is 0 Å². The van der Waals surface area contributed by atoms with Crippen molar-refractivity contribution in [2.24, 2.45) is 17.8 Å². The Bertz CT molecular complexity index is 387. The maximum absolute atomic E-state index is 13.1. The molecule has 2 aliphatic carbocycles. The Labute approximate surface area is 129 Å². The van der Waals surface area contributed by atoms with Crippen LogP contribution >= 0.6 is 0 Å². The normalized spacial score (nSPS) is 35.5. The number of amides is 1. The van der Waals surface area contributed by atoms with Gasteiger partial charge in [0.15, 0.2) is 0 Å². The van der Waals surface area contributed by atoms with Crippen molar-refractivity contribution in [3.05, 3.63) is 0 Å². The lowest BCUT2D eigenvalue weighted by molar-refractivity contribution is -0.133. The fourth-order valence-corrected chi connectivity index (χ4v) is 4.82. The third-order valence-electron chi connectivity index (χ3n) is 5.90. The van der Waals surface area contributed by atoms with Gasteiger partial charge in [0.2, 0.25) is 5.91 Å². The monoisotopic (exact) mass is 292 g/mol. The summed E-state index contributed by atoms with van der Waals surface area (Å²) in [6.45, 7) is 7.88. The van der Waals surface area contributed by atoms with Crippen molar-refractivity contribution >= 4 is 5.91 Å². The van der Waals surface area contributed by atoms with Gasteiger partial charge in [0, 0.05) is 6.54 Å². The minimum atomic E-state index is -0.191. The van der Waals surface area contributed by atoms with E-state index in [1.807, 2.05) is 0 Å². The fourth-order valence-electron chi connectivity index (χ4n) is 4.82. The van der Waals surface area contributed by atoms with Gasteiger partial charge in [0.1, 0.15) is 0 Å². The van der Waals surface area contributed by atoms with E-state index in [2.05, 4.69) is 31.0 Å². The molecule has 3 aliphatic rings. The summed E-state index contributed by atoms with van der Waals surface area (Å²) < 4.78 is 0.